The lowest BCUT2D eigenvalue weighted by atomic mass is 10.2. The van der Waals surface area contributed by atoms with Crippen molar-refractivity contribution in [2.75, 3.05) is 19.5 Å². The number of hydrogen-bond acceptors (Lipinski definition) is 5. The largest absolute Gasteiger partial charge is 0.497 e. The Balaban J connectivity index is 0.00000324. The van der Waals surface area contributed by atoms with Crippen LogP contribution in [0.2, 0.25) is 0 Å². The molecule has 0 radical (unpaired) electrons. The zero-order valence-corrected chi connectivity index (χ0v) is 12.8. The van der Waals surface area contributed by atoms with Gasteiger partial charge in [-0.2, -0.15) is 11.8 Å². The molecule has 2 N–H and O–H groups in total. The second kappa shape index (κ2) is 9.95. The molecule has 1 atom stereocenters. The van der Waals surface area contributed by atoms with Crippen LogP contribution in [0.15, 0.2) is 24.3 Å². The van der Waals surface area contributed by atoms with E-state index in [2.05, 4.69) is 0 Å². The van der Waals surface area contributed by atoms with Gasteiger partial charge in [-0.15, -0.1) is 12.4 Å². The van der Waals surface area contributed by atoms with Gasteiger partial charge in [0.1, 0.15) is 11.8 Å². The Morgan fingerprint density at radius 3 is 2.53 bits per heavy atom. The van der Waals surface area contributed by atoms with Gasteiger partial charge in [0, 0.05) is 11.5 Å². The van der Waals surface area contributed by atoms with E-state index >= 15 is 0 Å². The lowest BCUT2D eigenvalue weighted by Crippen LogP contribution is -2.34. The summed E-state index contributed by atoms with van der Waals surface area (Å²) in [4.78, 5) is 11.3. The number of halogens is 1. The molecule has 0 fully saturated rings. The summed E-state index contributed by atoms with van der Waals surface area (Å²) in [7, 11) is 1.64. The number of ether oxygens (including phenoxy) is 2. The lowest BCUT2D eigenvalue weighted by molar-refractivity contribution is -0.144. The maximum atomic E-state index is 11.3. The van der Waals surface area contributed by atoms with Crippen LogP contribution < -0.4 is 10.5 Å². The van der Waals surface area contributed by atoms with E-state index < -0.39 is 6.04 Å². The van der Waals surface area contributed by atoms with Crippen molar-refractivity contribution < 1.29 is 14.3 Å². The normalized spacial score (nSPS) is 11.3. The highest BCUT2D eigenvalue weighted by Gasteiger charge is 2.13. The third kappa shape index (κ3) is 6.71. The van der Waals surface area contributed by atoms with Crippen molar-refractivity contribution in [3.05, 3.63) is 29.8 Å². The highest BCUT2D eigenvalue weighted by atomic mass is 35.5. The monoisotopic (exact) mass is 305 g/mol. The molecule has 0 bridgehead atoms. The molecule has 6 heteroatoms. The molecule has 108 valence electrons. The molecule has 0 spiro atoms. The predicted octanol–water partition coefficient (Wildman–Crippen LogP) is 2.24. The van der Waals surface area contributed by atoms with Crippen LogP contribution in [0.3, 0.4) is 0 Å². The van der Waals surface area contributed by atoms with Gasteiger partial charge in [-0.05, 0) is 24.6 Å². The standard InChI is InChI=1S/C13H19NO3S.ClH/c1-3-17-13(15)12(14)9-18-8-10-4-6-11(16-2)7-5-10;/h4-7,12H,3,8-9,14H2,1-2H3;1H/t12-;/m0./s1. The summed E-state index contributed by atoms with van der Waals surface area (Å²) in [6, 6.07) is 7.29. The highest BCUT2D eigenvalue weighted by Crippen LogP contribution is 2.16. The zero-order valence-electron chi connectivity index (χ0n) is 11.1. The summed E-state index contributed by atoms with van der Waals surface area (Å²) < 4.78 is 9.93. The van der Waals surface area contributed by atoms with E-state index in [4.69, 9.17) is 15.2 Å². The second-order valence-corrected chi connectivity index (χ2v) is 4.75. The number of rotatable bonds is 7. The number of thioether (sulfide) groups is 1. The van der Waals surface area contributed by atoms with Gasteiger partial charge in [0.05, 0.1) is 13.7 Å². The number of carbonyl (C=O) groups is 1. The Morgan fingerprint density at radius 2 is 2.00 bits per heavy atom. The summed E-state index contributed by atoms with van der Waals surface area (Å²) in [6.45, 7) is 2.14. The number of nitrogens with two attached hydrogens (primary N) is 1. The van der Waals surface area contributed by atoms with Gasteiger partial charge in [-0.3, -0.25) is 4.79 Å². The molecule has 0 saturated heterocycles. The molecule has 19 heavy (non-hydrogen) atoms. The summed E-state index contributed by atoms with van der Waals surface area (Å²) in [5.74, 6) is 1.88. The average molecular weight is 306 g/mol. The van der Waals surface area contributed by atoms with E-state index in [-0.39, 0.29) is 18.4 Å². The minimum Gasteiger partial charge on any atom is -0.497 e. The van der Waals surface area contributed by atoms with Gasteiger partial charge in [-0.25, -0.2) is 0 Å². The first-order valence-electron chi connectivity index (χ1n) is 5.80. The topological polar surface area (TPSA) is 61.5 Å². The van der Waals surface area contributed by atoms with Crippen LogP contribution in [-0.4, -0.2) is 31.5 Å². The number of benzene rings is 1. The van der Waals surface area contributed by atoms with E-state index in [1.165, 1.54) is 5.56 Å². The lowest BCUT2D eigenvalue weighted by Gasteiger charge is -2.10. The molecule has 1 aromatic rings. The van der Waals surface area contributed by atoms with Gasteiger partial charge >= 0.3 is 5.97 Å². The summed E-state index contributed by atoms with van der Waals surface area (Å²) in [5, 5.41) is 0. The SMILES string of the molecule is CCOC(=O)[C@@H](N)CSCc1ccc(OC)cc1.Cl. The minimum absolute atomic E-state index is 0. The van der Waals surface area contributed by atoms with Crippen LogP contribution in [0, 0.1) is 0 Å². The Labute approximate surface area is 124 Å². The van der Waals surface area contributed by atoms with Gasteiger partial charge in [-0.1, -0.05) is 12.1 Å². The fourth-order valence-corrected chi connectivity index (χ4v) is 2.28. The van der Waals surface area contributed by atoms with Crippen molar-refractivity contribution in [3.63, 3.8) is 0 Å². The van der Waals surface area contributed by atoms with Gasteiger partial charge in [0.2, 0.25) is 0 Å². The molecule has 0 aliphatic rings. The molecule has 0 aliphatic heterocycles. The highest BCUT2D eigenvalue weighted by molar-refractivity contribution is 7.98. The van der Waals surface area contributed by atoms with Crippen molar-refractivity contribution in [2.24, 2.45) is 5.73 Å². The number of esters is 1. The van der Waals surface area contributed by atoms with E-state index in [1.807, 2.05) is 24.3 Å². The first kappa shape index (κ1) is 18.1. The molecule has 0 saturated carbocycles. The van der Waals surface area contributed by atoms with Crippen molar-refractivity contribution in [1.82, 2.24) is 0 Å². The molecule has 4 nitrogen and oxygen atoms in total. The zero-order chi connectivity index (χ0) is 13.4. The van der Waals surface area contributed by atoms with Crippen molar-refractivity contribution in [3.8, 4) is 5.75 Å². The third-order valence-electron chi connectivity index (χ3n) is 2.31. The Hall–Kier alpha value is -0.910. The summed E-state index contributed by atoms with van der Waals surface area (Å²) in [5.41, 5.74) is 6.88. The smallest absolute Gasteiger partial charge is 0.323 e. The van der Waals surface area contributed by atoms with Crippen LogP contribution in [0.4, 0.5) is 0 Å². The van der Waals surface area contributed by atoms with Crippen LogP contribution in [-0.2, 0) is 15.3 Å². The summed E-state index contributed by atoms with van der Waals surface area (Å²) >= 11 is 1.62. The third-order valence-corrected chi connectivity index (χ3v) is 3.45. The van der Waals surface area contributed by atoms with Gasteiger partial charge in [0.25, 0.3) is 0 Å². The minimum atomic E-state index is -0.548. The molecule has 0 aromatic heterocycles. The van der Waals surface area contributed by atoms with Crippen LogP contribution in [0.25, 0.3) is 0 Å². The Bertz CT molecular complexity index is 373. The van der Waals surface area contributed by atoms with Crippen LogP contribution >= 0.6 is 24.2 Å². The first-order chi connectivity index (χ1) is 8.67. The van der Waals surface area contributed by atoms with Gasteiger partial charge < -0.3 is 15.2 Å². The maximum absolute atomic E-state index is 11.3. The molecular weight excluding hydrogens is 286 g/mol. The molecule has 0 heterocycles. The van der Waals surface area contributed by atoms with E-state index in [9.17, 15) is 4.79 Å². The number of carbonyl (C=O) groups excluding carboxylic acids is 1. The average Bonchev–Trinajstić information content (AvgIpc) is 2.39. The quantitative estimate of drug-likeness (QED) is 0.783. The molecular formula is C13H20ClNO3S. The fraction of sp³-hybridized carbons (Fsp3) is 0.462. The number of hydrogen-bond donors (Lipinski definition) is 1. The fourth-order valence-electron chi connectivity index (χ4n) is 1.34. The maximum Gasteiger partial charge on any atom is 0.323 e. The predicted molar refractivity (Wildman–Crippen MR) is 81.0 cm³/mol. The van der Waals surface area contributed by atoms with E-state index in [0.717, 1.165) is 11.5 Å². The number of methoxy groups -OCH3 is 1. The second-order valence-electron chi connectivity index (χ2n) is 3.72. The molecule has 0 amide bonds. The van der Waals surface area contributed by atoms with Crippen molar-refractivity contribution >= 4 is 30.1 Å². The van der Waals surface area contributed by atoms with Crippen molar-refractivity contribution in [1.29, 1.82) is 0 Å². The molecule has 1 aromatic carbocycles. The Morgan fingerprint density at radius 1 is 1.37 bits per heavy atom. The van der Waals surface area contributed by atoms with Gasteiger partial charge in [0.15, 0.2) is 0 Å². The first-order valence-corrected chi connectivity index (χ1v) is 6.95. The molecule has 0 unspecified atom stereocenters. The van der Waals surface area contributed by atoms with E-state index in [0.29, 0.717) is 12.4 Å². The molecule has 0 aliphatic carbocycles. The van der Waals surface area contributed by atoms with E-state index in [1.54, 1.807) is 25.8 Å². The van der Waals surface area contributed by atoms with Crippen LogP contribution in [0.1, 0.15) is 12.5 Å². The molecule has 1 rings (SSSR count). The Kier molecular flexibility index (Phi) is 9.47. The van der Waals surface area contributed by atoms with Crippen LogP contribution in [0.5, 0.6) is 5.75 Å². The van der Waals surface area contributed by atoms with Crippen molar-refractivity contribution in [2.45, 2.75) is 18.7 Å². The summed E-state index contributed by atoms with van der Waals surface area (Å²) in [6.07, 6.45) is 0.